The number of benzene rings is 1. The third-order valence-corrected chi connectivity index (χ3v) is 2.77. The van der Waals surface area contributed by atoms with E-state index in [4.69, 9.17) is 17.3 Å². The molecule has 0 fully saturated rings. The number of nitrogens with two attached hydrogens (primary N) is 1. The summed E-state index contributed by atoms with van der Waals surface area (Å²) < 4.78 is 1.85. The zero-order chi connectivity index (χ0) is 10.3. The maximum Gasteiger partial charge on any atom is 0.0686 e. The molecule has 0 bridgehead atoms. The van der Waals surface area contributed by atoms with Crippen molar-refractivity contribution in [1.82, 2.24) is 9.78 Å². The summed E-state index contributed by atoms with van der Waals surface area (Å²) in [4.78, 5) is 0. The Morgan fingerprint density at radius 2 is 2.21 bits per heavy atom. The van der Waals surface area contributed by atoms with Crippen LogP contribution >= 0.6 is 11.6 Å². The van der Waals surface area contributed by atoms with Crippen LogP contribution in [0.2, 0.25) is 5.02 Å². The standard InChI is InChI=1S/C10H12ClN3/c1-6-8-4-9(11)7(5-12)3-10(8)14(2)13-6/h3-4H,5,12H2,1-2H3. The fourth-order valence-electron chi connectivity index (χ4n) is 1.65. The molecule has 4 heteroatoms. The number of halogens is 1. The number of rotatable bonds is 1. The van der Waals surface area contributed by atoms with Crippen molar-refractivity contribution in [2.24, 2.45) is 12.8 Å². The van der Waals surface area contributed by atoms with Gasteiger partial charge in [-0.05, 0) is 24.6 Å². The average molecular weight is 210 g/mol. The molecule has 1 aromatic carbocycles. The van der Waals surface area contributed by atoms with E-state index < -0.39 is 0 Å². The van der Waals surface area contributed by atoms with E-state index in [0.717, 1.165) is 27.2 Å². The molecular formula is C10H12ClN3. The molecule has 0 aliphatic rings. The second-order valence-corrected chi connectivity index (χ2v) is 3.78. The molecule has 0 spiro atoms. The van der Waals surface area contributed by atoms with Crippen molar-refractivity contribution in [1.29, 1.82) is 0 Å². The average Bonchev–Trinajstić information content (AvgIpc) is 2.41. The van der Waals surface area contributed by atoms with Crippen molar-refractivity contribution in [2.45, 2.75) is 13.5 Å². The zero-order valence-corrected chi connectivity index (χ0v) is 8.97. The first-order chi connectivity index (χ1) is 6.63. The van der Waals surface area contributed by atoms with Gasteiger partial charge >= 0.3 is 0 Å². The highest BCUT2D eigenvalue weighted by Crippen LogP contribution is 2.25. The molecule has 0 saturated carbocycles. The number of nitrogens with zero attached hydrogens (tertiary/aromatic N) is 2. The van der Waals surface area contributed by atoms with Gasteiger partial charge in [-0.15, -0.1) is 0 Å². The smallest absolute Gasteiger partial charge is 0.0686 e. The van der Waals surface area contributed by atoms with Crippen LogP contribution < -0.4 is 5.73 Å². The van der Waals surface area contributed by atoms with Gasteiger partial charge in [0.05, 0.1) is 11.2 Å². The first-order valence-electron chi connectivity index (χ1n) is 4.45. The second-order valence-electron chi connectivity index (χ2n) is 3.37. The zero-order valence-electron chi connectivity index (χ0n) is 8.21. The molecule has 1 heterocycles. The summed E-state index contributed by atoms with van der Waals surface area (Å²) >= 11 is 6.07. The predicted molar refractivity (Wildman–Crippen MR) is 58.4 cm³/mol. The van der Waals surface area contributed by atoms with Crippen LogP contribution in [-0.2, 0) is 13.6 Å². The van der Waals surface area contributed by atoms with Crippen molar-refractivity contribution in [3.8, 4) is 0 Å². The molecule has 2 rings (SSSR count). The highest BCUT2D eigenvalue weighted by atomic mass is 35.5. The van der Waals surface area contributed by atoms with Crippen LogP contribution in [0.3, 0.4) is 0 Å². The molecule has 0 atom stereocenters. The molecular weight excluding hydrogens is 198 g/mol. The first-order valence-corrected chi connectivity index (χ1v) is 4.83. The summed E-state index contributed by atoms with van der Waals surface area (Å²) in [5.74, 6) is 0. The fourth-order valence-corrected chi connectivity index (χ4v) is 1.89. The van der Waals surface area contributed by atoms with Crippen LogP contribution in [-0.4, -0.2) is 9.78 Å². The van der Waals surface area contributed by atoms with Crippen molar-refractivity contribution >= 4 is 22.5 Å². The largest absolute Gasteiger partial charge is 0.326 e. The number of aryl methyl sites for hydroxylation is 2. The van der Waals surface area contributed by atoms with Gasteiger partial charge < -0.3 is 5.73 Å². The van der Waals surface area contributed by atoms with Crippen molar-refractivity contribution in [2.75, 3.05) is 0 Å². The normalized spacial score (nSPS) is 11.1. The Bertz CT molecular complexity index is 488. The van der Waals surface area contributed by atoms with Gasteiger partial charge in [0, 0.05) is 24.0 Å². The monoisotopic (exact) mass is 209 g/mol. The maximum absolute atomic E-state index is 6.07. The topological polar surface area (TPSA) is 43.8 Å². The van der Waals surface area contributed by atoms with Gasteiger partial charge in [-0.1, -0.05) is 11.6 Å². The minimum absolute atomic E-state index is 0.457. The Morgan fingerprint density at radius 1 is 1.50 bits per heavy atom. The molecule has 2 aromatic rings. The van der Waals surface area contributed by atoms with Gasteiger partial charge in [0.1, 0.15) is 0 Å². The van der Waals surface area contributed by atoms with E-state index in [-0.39, 0.29) is 0 Å². The van der Waals surface area contributed by atoms with Gasteiger partial charge in [0.25, 0.3) is 0 Å². The summed E-state index contributed by atoms with van der Waals surface area (Å²) in [6, 6.07) is 3.93. The van der Waals surface area contributed by atoms with Crippen LogP contribution in [0.5, 0.6) is 0 Å². The van der Waals surface area contributed by atoms with Crippen LogP contribution in [0.1, 0.15) is 11.3 Å². The molecule has 0 unspecified atom stereocenters. The van der Waals surface area contributed by atoms with Gasteiger partial charge in [-0.3, -0.25) is 4.68 Å². The third kappa shape index (κ3) is 1.29. The van der Waals surface area contributed by atoms with Gasteiger partial charge in [-0.2, -0.15) is 5.10 Å². The minimum atomic E-state index is 0.457. The summed E-state index contributed by atoms with van der Waals surface area (Å²) in [5.41, 5.74) is 8.61. The molecule has 0 aliphatic heterocycles. The van der Waals surface area contributed by atoms with E-state index >= 15 is 0 Å². The van der Waals surface area contributed by atoms with Gasteiger partial charge in [0.2, 0.25) is 0 Å². The Hall–Kier alpha value is -1.06. The number of hydrogen-bond donors (Lipinski definition) is 1. The Kier molecular flexibility index (Phi) is 2.21. The minimum Gasteiger partial charge on any atom is -0.326 e. The summed E-state index contributed by atoms with van der Waals surface area (Å²) in [7, 11) is 1.92. The molecule has 1 aromatic heterocycles. The van der Waals surface area contributed by atoms with Crippen molar-refractivity contribution < 1.29 is 0 Å². The Balaban J connectivity index is 2.82. The summed E-state index contributed by atoms with van der Waals surface area (Å²) in [6.07, 6.45) is 0. The lowest BCUT2D eigenvalue weighted by Crippen LogP contribution is -1.98. The maximum atomic E-state index is 6.07. The molecule has 2 N–H and O–H groups in total. The molecule has 3 nitrogen and oxygen atoms in total. The van der Waals surface area contributed by atoms with Crippen LogP contribution in [0.15, 0.2) is 12.1 Å². The molecule has 14 heavy (non-hydrogen) atoms. The quantitative estimate of drug-likeness (QED) is 0.781. The highest BCUT2D eigenvalue weighted by molar-refractivity contribution is 6.32. The first kappa shape index (κ1) is 9.49. The van der Waals surface area contributed by atoms with E-state index in [0.29, 0.717) is 6.54 Å². The predicted octanol–water partition coefficient (Wildman–Crippen LogP) is 1.99. The summed E-state index contributed by atoms with van der Waals surface area (Å²) in [6.45, 7) is 2.43. The van der Waals surface area contributed by atoms with Gasteiger partial charge in [0.15, 0.2) is 0 Å². The van der Waals surface area contributed by atoms with Crippen LogP contribution in [0.4, 0.5) is 0 Å². The molecule has 0 aliphatic carbocycles. The number of fused-ring (bicyclic) bond motifs is 1. The lowest BCUT2D eigenvalue weighted by molar-refractivity contribution is 0.782. The molecule has 74 valence electrons. The Morgan fingerprint density at radius 3 is 2.86 bits per heavy atom. The number of aromatic nitrogens is 2. The third-order valence-electron chi connectivity index (χ3n) is 2.42. The SMILES string of the molecule is Cc1nn(C)c2cc(CN)c(Cl)cc12. The van der Waals surface area contributed by atoms with E-state index in [1.54, 1.807) is 0 Å². The van der Waals surface area contributed by atoms with Crippen molar-refractivity contribution in [3.63, 3.8) is 0 Å². The Labute approximate surface area is 87.5 Å². The van der Waals surface area contributed by atoms with E-state index in [2.05, 4.69) is 5.10 Å². The molecule has 0 amide bonds. The second kappa shape index (κ2) is 3.26. The van der Waals surface area contributed by atoms with Crippen LogP contribution in [0, 0.1) is 6.92 Å². The molecule has 0 saturated heterocycles. The lowest BCUT2D eigenvalue weighted by Gasteiger charge is -2.02. The summed E-state index contributed by atoms with van der Waals surface area (Å²) in [5, 5.41) is 6.13. The van der Waals surface area contributed by atoms with E-state index in [9.17, 15) is 0 Å². The number of hydrogen-bond acceptors (Lipinski definition) is 2. The highest BCUT2D eigenvalue weighted by Gasteiger charge is 2.08. The van der Waals surface area contributed by atoms with E-state index in [1.165, 1.54) is 0 Å². The van der Waals surface area contributed by atoms with Crippen molar-refractivity contribution in [3.05, 3.63) is 28.4 Å². The van der Waals surface area contributed by atoms with Gasteiger partial charge in [-0.25, -0.2) is 0 Å². The fraction of sp³-hybridized carbons (Fsp3) is 0.300. The van der Waals surface area contributed by atoms with E-state index in [1.807, 2.05) is 30.8 Å². The lowest BCUT2D eigenvalue weighted by atomic mass is 10.1. The van der Waals surface area contributed by atoms with Crippen LogP contribution in [0.25, 0.3) is 10.9 Å². The molecule has 0 radical (unpaired) electrons.